The highest BCUT2D eigenvalue weighted by Gasteiger charge is 2.32. The van der Waals surface area contributed by atoms with Crippen molar-refractivity contribution in [2.24, 2.45) is 0 Å². The highest BCUT2D eigenvalue weighted by molar-refractivity contribution is 5.73. The summed E-state index contributed by atoms with van der Waals surface area (Å²) < 4.78 is 9.27. The lowest BCUT2D eigenvalue weighted by Crippen LogP contribution is -2.56. The molecule has 0 aromatic carbocycles. The number of carbonyl (C=O) groups excluding carboxylic acids is 2. The Kier molecular flexibility index (Phi) is 7.26. The van der Waals surface area contributed by atoms with Crippen LogP contribution in [0.5, 0.6) is 0 Å². The molecular formula is C12H18N2O8. The second-order valence-electron chi connectivity index (χ2n) is 4.64. The molecule has 124 valence electrons. The van der Waals surface area contributed by atoms with Gasteiger partial charge in [0.2, 0.25) is 0 Å². The van der Waals surface area contributed by atoms with E-state index in [1.54, 1.807) is 9.80 Å². The summed E-state index contributed by atoms with van der Waals surface area (Å²) in [5.41, 5.74) is 0. The van der Waals surface area contributed by atoms with Gasteiger partial charge in [0.05, 0.1) is 6.42 Å². The Balaban J connectivity index is 2.58. The van der Waals surface area contributed by atoms with Gasteiger partial charge in [-0.2, -0.15) is 0 Å². The zero-order valence-electron chi connectivity index (χ0n) is 11.8. The molecule has 2 unspecified atom stereocenters. The van der Waals surface area contributed by atoms with Gasteiger partial charge in [-0.3, -0.25) is 29.0 Å². The van der Waals surface area contributed by atoms with Gasteiger partial charge in [-0.05, 0) is 0 Å². The summed E-state index contributed by atoms with van der Waals surface area (Å²) >= 11 is 0. The van der Waals surface area contributed by atoms with Gasteiger partial charge in [0, 0.05) is 26.2 Å². The number of piperazine rings is 1. The SMILES string of the molecule is O=COCC(C(=O)O)N1CCN(C(CC(=O)O)OC=O)CC1. The Hall–Kier alpha value is -2.20. The highest BCUT2D eigenvalue weighted by Crippen LogP contribution is 2.13. The molecule has 0 bridgehead atoms. The van der Waals surface area contributed by atoms with E-state index in [0.717, 1.165) is 0 Å². The van der Waals surface area contributed by atoms with E-state index >= 15 is 0 Å². The lowest BCUT2D eigenvalue weighted by molar-refractivity contribution is -0.156. The predicted octanol–water partition coefficient (Wildman–Crippen LogP) is -1.80. The average Bonchev–Trinajstić information content (AvgIpc) is 2.47. The second-order valence-corrected chi connectivity index (χ2v) is 4.64. The van der Waals surface area contributed by atoms with Crippen molar-refractivity contribution in [3.63, 3.8) is 0 Å². The third kappa shape index (κ3) is 5.30. The van der Waals surface area contributed by atoms with Crippen LogP contribution in [0, 0.1) is 0 Å². The maximum Gasteiger partial charge on any atom is 0.324 e. The van der Waals surface area contributed by atoms with Crippen LogP contribution in [-0.2, 0) is 28.7 Å². The van der Waals surface area contributed by atoms with E-state index in [4.69, 9.17) is 14.9 Å². The van der Waals surface area contributed by atoms with Crippen LogP contribution in [0.2, 0.25) is 0 Å². The zero-order valence-corrected chi connectivity index (χ0v) is 11.8. The number of hydrogen-bond donors (Lipinski definition) is 2. The first-order valence-electron chi connectivity index (χ1n) is 6.56. The van der Waals surface area contributed by atoms with Gasteiger partial charge in [-0.25, -0.2) is 0 Å². The fourth-order valence-corrected chi connectivity index (χ4v) is 2.28. The number of rotatable bonds is 10. The quantitative estimate of drug-likeness (QED) is 0.444. The summed E-state index contributed by atoms with van der Waals surface area (Å²) in [6.45, 7) is 1.41. The van der Waals surface area contributed by atoms with E-state index in [0.29, 0.717) is 26.2 Å². The number of hydrogen-bond acceptors (Lipinski definition) is 8. The standard InChI is InChI=1S/C12H18N2O8/c15-7-21-6-9(12(19)20)13-1-3-14(4-2-13)10(22-8-16)5-11(17)18/h7-10H,1-6H2,(H,17,18)(H,19,20). The number of ether oxygens (including phenoxy) is 2. The van der Waals surface area contributed by atoms with Crippen molar-refractivity contribution in [3.8, 4) is 0 Å². The minimum absolute atomic E-state index is 0.188. The summed E-state index contributed by atoms with van der Waals surface area (Å²) in [4.78, 5) is 45.8. The minimum atomic E-state index is -1.11. The first-order valence-corrected chi connectivity index (χ1v) is 6.56. The van der Waals surface area contributed by atoms with Crippen molar-refractivity contribution in [1.82, 2.24) is 9.80 Å². The topological polar surface area (TPSA) is 134 Å². The van der Waals surface area contributed by atoms with Gasteiger partial charge in [0.25, 0.3) is 12.9 Å². The van der Waals surface area contributed by atoms with Gasteiger partial charge in [0.15, 0.2) is 6.23 Å². The Morgan fingerprint density at radius 3 is 2.09 bits per heavy atom. The van der Waals surface area contributed by atoms with Crippen LogP contribution < -0.4 is 0 Å². The maximum absolute atomic E-state index is 11.2. The molecule has 1 fully saturated rings. The van der Waals surface area contributed by atoms with E-state index in [2.05, 4.69) is 4.74 Å². The van der Waals surface area contributed by atoms with Gasteiger partial charge in [0.1, 0.15) is 12.6 Å². The van der Waals surface area contributed by atoms with Crippen molar-refractivity contribution in [3.05, 3.63) is 0 Å². The van der Waals surface area contributed by atoms with Crippen LogP contribution in [0.15, 0.2) is 0 Å². The number of aliphatic carboxylic acids is 2. The number of nitrogens with zero attached hydrogens (tertiary/aromatic N) is 2. The normalized spacial score (nSPS) is 18.9. The lowest BCUT2D eigenvalue weighted by Gasteiger charge is -2.39. The molecule has 0 aromatic heterocycles. The first kappa shape index (κ1) is 17.9. The van der Waals surface area contributed by atoms with Crippen molar-refractivity contribution < 1.29 is 38.9 Å². The molecule has 2 atom stereocenters. The molecule has 22 heavy (non-hydrogen) atoms. The molecule has 1 aliphatic rings. The molecule has 1 rings (SSSR count). The largest absolute Gasteiger partial charge is 0.481 e. The molecular weight excluding hydrogens is 300 g/mol. The van der Waals surface area contributed by atoms with E-state index in [9.17, 15) is 19.2 Å². The fraction of sp³-hybridized carbons (Fsp3) is 0.667. The van der Waals surface area contributed by atoms with Crippen molar-refractivity contribution in [2.75, 3.05) is 32.8 Å². The zero-order chi connectivity index (χ0) is 16.5. The van der Waals surface area contributed by atoms with E-state index < -0.39 is 24.2 Å². The molecule has 2 N–H and O–H groups in total. The molecule has 10 heteroatoms. The van der Waals surface area contributed by atoms with Crippen LogP contribution in [0.1, 0.15) is 6.42 Å². The number of carboxylic acid groups (broad SMARTS) is 2. The molecule has 0 radical (unpaired) electrons. The maximum atomic E-state index is 11.2. The van der Waals surface area contributed by atoms with E-state index in [1.165, 1.54) is 0 Å². The number of carboxylic acids is 2. The molecule has 0 aliphatic carbocycles. The molecule has 0 spiro atoms. The molecule has 0 amide bonds. The smallest absolute Gasteiger partial charge is 0.324 e. The minimum Gasteiger partial charge on any atom is -0.481 e. The van der Waals surface area contributed by atoms with Gasteiger partial charge >= 0.3 is 11.9 Å². The van der Waals surface area contributed by atoms with Crippen LogP contribution >= 0.6 is 0 Å². The van der Waals surface area contributed by atoms with Crippen molar-refractivity contribution >= 4 is 24.9 Å². The van der Waals surface area contributed by atoms with E-state index in [1.807, 2.05) is 0 Å². The van der Waals surface area contributed by atoms with Crippen LogP contribution in [0.25, 0.3) is 0 Å². The highest BCUT2D eigenvalue weighted by atomic mass is 16.5. The lowest BCUT2D eigenvalue weighted by atomic mass is 10.2. The summed E-state index contributed by atoms with van der Waals surface area (Å²) in [5, 5.41) is 17.9. The first-order chi connectivity index (χ1) is 10.5. The van der Waals surface area contributed by atoms with Crippen molar-refractivity contribution in [1.29, 1.82) is 0 Å². The summed E-state index contributed by atoms with van der Waals surface area (Å²) in [5.74, 6) is -2.21. The van der Waals surface area contributed by atoms with Crippen molar-refractivity contribution in [2.45, 2.75) is 18.7 Å². The molecule has 0 aromatic rings. The van der Waals surface area contributed by atoms with Crippen LogP contribution in [0.4, 0.5) is 0 Å². The summed E-state index contributed by atoms with van der Waals surface area (Å²) in [6, 6.07) is -0.961. The van der Waals surface area contributed by atoms with E-state index in [-0.39, 0.29) is 26.0 Å². The molecule has 1 aliphatic heterocycles. The predicted molar refractivity (Wildman–Crippen MR) is 69.8 cm³/mol. The molecule has 0 saturated carbocycles. The van der Waals surface area contributed by atoms with Crippen LogP contribution in [-0.4, -0.2) is 90.0 Å². The van der Waals surface area contributed by atoms with Crippen LogP contribution in [0.3, 0.4) is 0 Å². The second kappa shape index (κ2) is 8.95. The Morgan fingerprint density at radius 2 is 1.64 bits per heavy atom. The Morgan fingerprint density at radius 1 is 1.05 bits per heavy atom. The summed E-state index contributed by atoms with van der Waals surface area (Å²) in [6.07, 6.45) is -1.23. The molecule has 1 saturated heterocycles. The third-order valence-corrected chi connectivity index (χ3v) is 3.37. The Labute approximate surface area is 126 Å². The van der Waals surface area contributed by atoms with Gasteiger partial charge < -0.3 is 19.7 Å². The van der Waals surface area contributed by atoms with Gasteiger partial charge in [-0.15, -0.1) is 0 Å². The third-order valence-electron chi connectivity index (χ3n) is 3.37. The average molecular weight is 318 g/mol. The Bertz CT molecular complexity index is 408. The molecule has 1 heterocycles. The monoisotopic (exact) mass is 318 g/mol. The number of carbonyl (C=O) groups is 4. The van der Waals surface area contributed by atoms with Gasteiger partial charge in [-0.1, -0.05) is 0 Å². The summed E-state index contributed by atoms with van der Waals surface area (Å²) in [7, 11) is 0. The fourth-order valence-electron chi connectivity index (χ4n) is 2.28. The molecule has 10 nitrogen and oxygen atoms in total.